The quantitative estimate of drug-likeness (QED) is 0.791. The van der Waals surface area contributed by atoms with Crippen LogP contribution in [0.15, 0.2) is 24.3 Å². The summed E-state index contributed by atoms with van der Waals surface area (Å²) in [5.41, 5.74) is 0.480. The molecule has 122 valence electrons. The van der Waals surface area contributed by atoms with Crippen LogP contribution in [0.2, 0.25) is 0 Å². The molecule has 6 heteroatoms. The number of benzene rings is 1. The highest BCUT2D eigenvalue weighted by molar-refractivity contribution is 6.00. The standard InChI is InChI=1S/C16H24N2O4/c1-16(2,11-19)9-10-18(3)15(21)17-13-8-6-5-7-12(13)14(20)22-4/h5-8,19H,9-11H2,1-4H3,(H,17,21). The monoisotopic (exact) mass is 308 g/mol. The van der Waals surface area contributed by atoms with Crippen LogP contribution in [0.5, 0.6) is 0 Å². The molecule has 0 spiro atoms. The Morgan fingerprint density at radius 2 is 1.95 bits per heavy atom. The van der Waals surface area contributed by atoms with Crippen LogP contribution in [0.1, 0.15) is 30.6 Å². The van der Waals surface area contributed by atoms with Crippen LogP contribution in [0.3, 0.4) is 0 Å². The Morgan fingerprint density at radius 3 is 2.55 bits per heavy atom. The van der Waals surface area contributed by atoms with Crippen LogP contribution in [-0.2, 0) is 4.74 Å². The van der Waals surface area contributed by atoms with E-state index in [1.165, 1.54) is 12.0 Å². The van der Waals surface area contributed by atoms with Gasteiger partial charge in [0.25, 0.3) is 0 Å². The SMILES string of the molecule is COC(=O)c1ccccc1NC(=O)N(C)CCC(C)(C)CO. The zero-order valence-corrected chi connectivity index (χ0v) is 13.5. The number of anilines is 1. The number of carbonyl (C=O) groups excluding carboxylic acids is 2. The van der Waals surface area contributed by atoms with Crippen LogP contribution in [-0.4, -0.2) is 49.3 Å². The number of aliphatic hydroxyl groups is 1. The molecule has 0 radical (unpaired) electrons. The van der Waals surface area contributed by atoms with Crippen molar-refractivity contribution >= 4 is 17.7 Å². The summed E-state index contributed by atoms with van der Waals surface area (Å²) in [6, 6.07) is 6.36. The maximum Gasteiger partial charge on any atom is 0.339 e. The average Bonchev–Trinajstić information content (AvgIpc) is 2.52. The zero-order chi connectivity index (χ0) is 16.8. The lowest BCUT2D eigenvalue weighted by atomic mass is 9.90. The van der Waals surface area contributed by atoms with Gasteiger partial charge in [0, 0.05) is 20.2 Å². The average molecular weight is 308 g/mol. The third-order valence-electron chi connectivity index (χ3n) is 3.47. The molecule has 2 N–H and O–H groups in total. The number of para-hydroxylation sites is 1. The van der Waals surface area contributed by atoms with E-state index in [9.17, 15) is 14.7 Å². The predicted octanol–water partition coefficient (Wildman–Crippen LogP) is 2.35. The number of rotatable bonds is 6. The van der Waals surface area contributed by atoms with Gasteiger partial charge >= 0.3 is 12.0 Å². The van der Waals surface area contributed by atoms with Gasteiger partial charge in [0.05, 0.1) is 18.4 Å². The highest BCUT2D eigenvalue weighted by Crippen LogP contribution is 2.20. The minimum atomic E-state index is -0.500. The number of urea groups is 1. The zero-order valence-electron chi connectivity index (χ0n) is 13.5. The summed E-state index contributed by atoms with van der Waals surface area (Å²) in [5.74, 6) is -0.500. The van der Waals surface area contributed by atoms with E-state index >= 15 is 0 Å². The van der Waals surface area contributed by atoms with Gasteiger partial charge in [0.1, 0.15) is 0 Å². The topological polar surface area (TPSA) is 78.9 Å². The number of hydrogen-bond donors (Lipinski definition) is 2. The Labute approximate surface area is 131 Å². The molecule has 6 nitrogen and oxygen atoms in total. The summed E-state index contributed by atoms with van der Waals surface area (Å²) >= 11 is 0. The van der Waals surface area contributed by atoms with Gasteiger partial charge in [-0.2, -0.15) is 0 Å². The molecule has 0 aliphatic heterocycles. The van der Waals surface area contributed by atoms with Gasteiger partial charge in [-0.05, 0) is 24.0 Å². The minimum absolute atomic E-state index is 0.0631. The molecule has 0 saturated heterocycles. The van der Waals surface area contributed by atoms with E-state index in [2.05, 4.69) is 5.32 Å². The van der Waals surface area contributed by atoms with Crippen molar-refractivity contribution in [3.05, 3.63) is 29.8 Å². The first-order valence-electron chi connectivity index (χ1n) is 7.11. The fraction of sp³-hybridized carbons (Fsp3) is 0.500. The third kappa shape index (κ3) is 5.04. The molecule has 0 atom stereocenters. The Morgan fingerprint density at radius 1 is 1.32 bits per heavy atom. The molecule has 2 amide bonds. The molecule has 0 aliphatic rings. The van der Waals surface area contributed by atoms with Crippen molar-refractivity contribution in [3.8, 4) is 0 Å². The molecule has 1 aromatic rings. The Kier molecular flexibility index (Phi) is 6.37. The van der Waals surface area contributed by atoms with Crippen molar-refractivity contribution in [3.63, 3.8) is 0 Å². The second kappa shape index (κ2) is 7.79. The molecule has 22 heavy (non-hydrogen) atoms. The molecular weight excluding hydrogens is 284 g/mol. The lowest BCUT2D eigenvalue weighted by Gasteiger charge is -2.25. The van der Waals surface area contributed by atoms with Crippen molar-refractivity contribution in [2.75, 3.05) is 32.6 Å². The van der Waals surface area contributed by atoms with Gasteiger partial charge in [-0.1, -0.05) is 26.0 Å². The van der Waals surface area contributed by atoms with Gasteiger partial charge in [0.15, 0.2) is 0 Å². The highest BCUT2D eigenvalue weighted by atomic mass is 16.5. The highest BCUT2D eigenvalue weighted by Gasteiger charge is 2.20. The molecule has 0 aromatic heterocycles. The minimum Gasteiger partial charge on any atom is -0.465 e. The molecule has 0 aliphatic carbocycles. The second-order valence-corrected chi connectivity index (χ2v) is 5.96. The van der Waals surface area contributed by atoms with Crippen LogP contribution >= 0.6 is 0 Å². The third-order valence-corrected chi connectivity index (χ3v) is 3.47. The first kappa shape index (κ1) is 18.0. The number of methoxy groups -OCH3 is 1. The lowest BCUT2D eigenvalue weighted by molar-refractivity contribution is 0.0602. The summed E-state index contributed by atoms with van der Waals surface area (Å²) in [7, 11) is 2.97. The Bertz CT molecular complexity index is 529. The second-order valence-electron chi connectivity index (χ2n) is 5.96. The Hall–Kier alpha value is -2.08. The van der Waals surface area contributed by atoms with E-state index in [0.29, 0.717) is 24.2 Å². The number of carbonyl (C=O) groups is 2. The smallest absolute Gasteiger partial charge is 0.339 e. The summed E-state index contributed by atoms with van der Waals surface area (Å²) in [6.45, 7) is 4.43. The van der Waals surface area contributed by atoms with Crippen LogP contribution in [0, 0.1) is 5.41 Å². The number of amides is 2. The van der Waals surface area contributed by atoms with Gasteiger partial charge in [-0.25, -0.2) is 9.59 Å². The van der Waals surface area contributed by atoms with Gasteiger partial charge in [-0.15, -0.1) is 0 Å². The number of nitrogens with zero attached hydrogens (tertiary/aromatic N) is 1. The maximum atomic E-state index is 12.2. The lowest BCUT2D eigenvalue weighted by Crippen LogP contribution is -2.35. The van der Waals surface area contributed by atoms with E-state index in [4.69, 9.17) is 4.74 Å². The van der Waals surface area contributed by atoms with Gasteiger partial charge in [0.2, 0.25) is 0 Å². The van der Waals surface area contributed by atoms with Crippen molar-refractivity contribution in [1.82, 2.24) is 4.90 Å². The summed E-state index contributed by atoms with van der Waals surface area (Å²) in [5, 5.41) is 11.9. The molecule has 0 bridgehead atoms. The molecule has 0 saturated carbocycles. The normalized spacial score (nSPS) is 11.0. The van der Waals surface area contributed by atoms with E-state index in [1.807, 2.05) is 13.8 Å². The molecule has 1 rings (SSSR count). The molecule has 1 aromatic carbocycles. The van der Waals surface area contributed by atoms with E-state index in [0.717, 1.165) is 0 Å². The van der Waals surface area contributed by atoms with Crippen molar-refractivity contribution in [2.24, 2.45) is 5.41 Å². The summed E-state index contributed by atoms with van der Waals surface area (Å²) < 4.78 is 4.69. The van der Waals surface area contributed by atoms with Gasteiger partial charge in [-0.3, -0.25) is 0 Å². The molecule has 0 fully saturated rings. The van der Waals surface area contributed by atoms with Crippen molar-refractivity contribution in [1.29, 1.82) is 0 Å². The number of esters is 1. The molecule has 0 heterocycles. The summed E-state index contributed by atoms with van der Waals surface area (Å²) in [6.07, 6.45) is 0.673. The Balaban J connectivity index is 2.71. The van der Waals surface area contributed by atoms with Crippen LogP contribution in [0.4, 0.5) is 10.5 Å². The maximum absolute atomic E-state index is 12.2. The van der Waals surface area contributed by atoms with Crippen LogP contribution in [0.25, 0.3) is 0 Å². The fourth-order valence-corrected chi connectivity index (χ4v) is 1.74. The number of ether oxygens (including phenoxy) is 1. The largest absolute Gasteiger partial charge is 0.465 e. The van der Waals surface area contributed by atoms with E-state index < -0.39 is 5.97 Å². The first-order valence-corrected chi connectivity index (χ1v) is 7.11. The van der Waals surface area contributed by atoms with Crippen molar-refractivity contribution in [2.45, 2.75) is 20.3 Å². The van der Waals surface area contributed by atoms with Gasteiger partial charge < -0.3 is 20.1 Å². The first-order chi connectivity index (χ1) is 10.3. The van der Waals surface area contributed by atoms with E-state index in [1.54, 1.807) is 31.3 Å². The van der Waals surface area contributed by atoms with E-state index in [-0.39, 0.29) is 18.1 Å². The molecular formula is C16H24N2O4. The predicted molar refractivity (Wildman–Crippen MR) is 84.9 cm³/mol. The van der Waals surface area contributed by atoms with Crippen LogP contribution < -0.4 is 5.32 Å². The van der Waals surface area contributed by atoms with Crippen molar-refractivity contribution < 1.29 is 19.4 Å². The fourth-order valence-electron chi connectivity index (χ4n) is 1.74. The number of aliphatic hydroxyl groups excluding tert-OH is 1. The molecule has 0 unspecified atom stereocenters. The number of nitrogens with one attached hydrogen (secondary N) is 1. The summed E-state index contributed by atoms with van der Waals surface area (Å²) in [4.78, 5) is 25.4. The number of hydrogen-bond acceptors (Lipinski definition) is 4.